The van der Waals surface area contributed by atoms with Gasteiger partial charge in [-0.25, -0.2) is 0 Å². The normalized spacial score (nSPS) is 18.7. The molecule has 4 nitrogen and oxygen atoms in total. The summed E-state index contributed by atoms with van der Waals surface area (Å²) in [6.45, 7) is 10.9. The Morgan fingerprint density at radius 1 is 1.28 bits per heavy atom. The summed E-state index contributed by atoms with van der Waals surface area (Å²) in [5, 5.41) is -0.121. The fraction of sp³-hybridized carbons (Fsp3) is 0.632. The van der Waals surface area contributed by atoms with E-state index in [2.05, 4.69) is 23.1 Å². The van der Waals surface area contributed by atoms with Crippen LogP contribution in [0.1, 0.15) is 62.9 Å². The second-order valence-electron chi connectivity index (χ2n) is 7.74. The third kappa shape index (κ3) is 5.29. The molecule has 0 aromatic heterocycles. The standard InChI is InChI=1S/C19H29BO4P/c1-13-10-14(23-17-8-6-7-9-22-17)11-16(15(13)12-21)20-24-18(2,3)19(4,5)25/h10-12,17H,6-9,25H2,1-5H3. The highest BCUT2D eigenvalue weighted by atomic mass is 31.0. The number of carbonyl (C=O) groups is 1. The van der Waals surface area contributed by atoms with Crippen molar-refractivity contribution in [2.24, 2.45) is 0 Å². The first-order chi connectivity index (χ1) is 11.6. The molecule has 0 N–H and O–H groups in total. The van der Waals surface area contributed by atoms with Gasteiger partial charge in [0.2, 0.25) is 0 Å². The van der Waals surface area contributed by atoms with E-state index in [1.54, 1.807) is 7.48 Å². The fourth-order valence-electron chi connectivity index (χ4n) is 2.44. The number of hydrogen-bond donors (Lipinski definition) is 0. The van der Waals surface area contributed by atoms with Gasteiger partial charge in [0.25, 0.3) is 0 Å². The van der Waals surface area contributed by atoms with Gasteiger partial charge in [-0.3, -0.25) is 4.79 Å². The highest BCUT2D eigenvalue weighted by molar-refractivity contribution is 7.19. The topological polar surface area (TPSA) is 44.8 Å². The van der Waals surface area contributed by atoms with Crippen LogP contribution in [0.3, 0.4) is 0 Å². The van der Waals surface area contributed by atoms with Gasteiger partial charge in [-0.05, 0) is 56.8 Å². The quantitative estimate of drug-likeness (QED) is 0.423. The van der Waals surface area contributed by atoms with Crippen molar-refractivity contribution < 1.29 is 18.9 Å². The molecule has 0 spiro atoms. The molecular weight excluding hydrogens is 334 g/mol. The zero-order valence-corrected chi connectivity index (χ0v) is 17.1. The predicted octanol–water partition coefficient (Wildman–Crippen LogP) is 3.41. The maximum Gasteiger partial charge on any atom is 0.331 e. The third-order valence-corrected chi connectivity index (χ3v) is 5.64. The Bertz CT molecular complexity index is 604. The first-order valence-electron chi connectivity index (χ1n) is 8.82. The zero-order chi connectivity index (χ0) is 18.7. The van der Waals surface area contributed by atoms with Gasteiger partial charge in [-0.2, -0.15) is 0 Å². The minimum absolute atomic E-state index is 0.121. The summed E-state index contributed by atoms with van der Waals surface area (Å²) < 4.78 is 17.6. The molecule has 2 atom stereocenters. The minimum atomic E-state index is -0.408. The first-order valence-corrected chi connectivity index (χ1v) is 9.40. The van der Waals surface area contributed by atoms with E-state index in [1.165, 1.54) is 0 Å². The van der Waals surface area contributed by atoms with E-state index in [0.717, 1.165) is 43.2 Å². The van der Waals surface area contributed by atoms with Gasteiger partial charge in [0.05, 0.1) is 12.2 Å². The van der Waals surface area contributed by atoms with E-state index < -0.39 is 5.60 Å². The fourth-order valence-corrected chi connectivity index (χ4v) is 2.50. The number of carbonyl (C=O) groups excluding carboxylic acids is 1. The van der Waals surface area contributed by atoms with Crippen molar-refractivity contribution in [1.29, 1.82) is 0 Å². The Morgan fingerprint density at radius 3 is 2.56 bits per heavy atom. The molecular formula is C19H29BO4P. The number of aldehydes is 1. The average Bonchev–Trinajstić information content (AvgIpc) is 2.52. The Balaban J connectivity index is 2.18. The number of aryl methyl sites for hydroxylation is 1. The second kappa shape index (κ2) is 8.20. The average molecular weight is 363 g/mol. The lowest BCUT2D eigenvalue weighted by Crippen LogP contribution is -2.45. The van der Waals surface area contributed by atoms with E-state index in [-0.39, 0.29) is 11.4 Å². The van der Waals surface area contributed by atoms with E-state index in [9.17, 15) is 4.79 Å². The summed E-state index contributed by atoms with van der Waals surface area (Å²) in [5.74, 6) is 0.702. The van der Waals surface area contributed by atoms with E-state index in [4.69, 9.17) is 14.1 Å². The first kappa shape index (κ1) is 20.4. The number of ether oxygens (including phenoxy) is 2. The van der Waals surface area contributed by atoms with Crippen LogP contribution in [0.25, 0.3) is 0 Å². The molecule has 1 aliphatic heterocycles. The van der Waals surface area contributed by atoms with Gasteiger partial charge in [-0.15, -0.1) is 9.24 Å². The van der Waals surface area contributed by atoms with Gasteiger partial charge in [-0.1, -0.05) is 13.8 Å². The van der Waals surface area contributed by atoms with Crippen LogP contribution in [-0.2, 0) is 9.39 Å². The van der Waals surface area contributed by atoms with Gasteiger partial charge < -0.3 is 14.1 Å². The lowest BCUT2D eigenvalue weighted by atomic mass is 9.80. The molecule has 6 heteroatoms. The molecule has 1 aliphatic rings. The Kier molecular flexibility index (Phi) is 6.70. The molecule has 1 fully saturated rings. The molecule has 2 unspecified atom stereocenters. The van der Waals surface area contributed by atoms with Crippen molar-refractivity contribution in [2.45, 2.75) is 70.9 Å². The van der Waals surface area contributed by atoms with Crippen molar-refractivity contribution in [3.63, 3.8) is 0 Å². The number of rotatable bonds is 7. The summed E-state index contributed by atoms with van der Waals surface area (Å²) in [5.41, 5.74) is 1.80. The lowest BCUT2D eigenvalue weighted by Gasteiger charge is -2.39. The van der Waals surface area contributed by atoms with Gasteiger partial charge in [0.1, 0.15) is 12.0 Å². The summed E-state index contributed by atoms with van der Waals surface area (Å²) in [6.07, 6.45) is 3.72. The molecule has 0 amide bonds. The third-order valence-electron chi connectivity index (χ3n) is 4.95. The van der Waals surface area contributed by atoms with Crippen LogP contribution in [0.15, 0.2) is 12.1 Å². The van der Waals surface area contributed by atoms with Crippen molar-refractivity contribution in [1.82, 2.24) is 0 Å². The largest absolute Gasteiger partial charge is 0.465 e. The van der Waals surface area contributed by atoms with Crippen LogP contribution in [0, 0.1) is 6.92 Å². The highest BCUT2D eigenvalue weighted by Crippen LogP contribution is 2.33. The maximum atomic E-state index is 11.5. The van der Waals surface area contributed by atoms with Crippen molar-refractivity contribution in [3.8, 4) is 5.75 Å². The Hall–Kier alpha value is -0.895. The molecule has 1 radical (unpaired) electrons. The zero-order valence-electron chi connectivity index (χ0n) is 15.9. The summed E-state index contributed by atoms with van der Waals surface area (Å²) in [4.78, 5) is 11.5. The highest BCUT2D eigenvalue weighted by Gasteiger charge is 2.34. The van der Waals surface area contributed by atoms with Crippen molar-refractivity contribution in [2.75, 3.05) is 6.61 Å². The summed E-state index contributed by atoms with van der Waals surface area (Å²) in [7, 11) is 4.47. The van der Waals surface area contributed by atoms with Gasteiger partial charge in [0.15, 0.2) is 6.29 Å². The smallest absolute Gasteiger partial charge is 0.331 e. The summed E-state index contributed by atoms with van der Waals surface area (Å²) >= 11 is 0. The lowest BCUT2D eigenvalue weighted by molar-refractivity contribution is -0.105. The van der Waals surface area contributed by atoms with Gasteiger partial charge >= 0.3 is 7.48 Å². The molecule has 25 heavy (non-hydrogen) atoms. The minimum Gasteiger partial charge on any atom is -0.465 e. The SMILES string of the molecule is Cc1cc(OC2CCCCO2)cc([B]OC(C)(C)C(C)(C)P)c1C=O. The molecule has 0 saturated carbocycles. The second-order valence-corrected chi connectivity index (χ2v) is 9.19. The summed E-state index contributed by atoms with van der Waals surface area (Å²) in [6, 6.07) is 3.73. The Morgan fingerprint density at radius 2 is 2.00 bits per heavy atom. The molecule has 1 saturated heterocycles. The number of benzene rings is 1. The van der Waals surface area contributed by atoms with Crippen molar-refractivity contribution in [3.05, 3.63) is 23.3 Å². The van der Waals surface area contributed by atoms with E-state index in [1.807, 2.05) is 32.9 Å². The van der Waals surface area contributed by atoms with E-state index in [0.29, 0.717) is 11.3 Å². The van der Waals surface area contributed by atoms with Gasteiger partial charge in [0, 0.05) is 17.1 Å². The molecule has 0 bridgehead atoms. The van der Waals surface area contributed by atoms with Crippen LogP contribution < -0.4 is 10.2 Å². The molecule has 0 aliphatic carbocycles. The van der Waals surface area contributed by atoms with Crippen LogP contribution >= 0.6 is 9.24 Å². The maximum absolute atomic E-state index is 11.5. The van der Waals surface area contributed by atoms with Crippen molar-refractivity contribution >= 4 is 28.5 Å². The van der Waals surface area contributed by atoms with Crippen LogP contribution in [0.5, 0.6) is 5.75 Å². The van der Waals surface area contributed by atoms with Crippen LogP contribution in [0.2, 0.25) is 0 Å². The molecule has 1 aromatic carbocycles. The van der Waals surface area contributed by atoms with Crippen LogP contribution in [-0.4, -0.2) is 37.4 Å². The predicted molar refractivity (Wildman–Crippen MR) is 105 cm³/mol. The van der Waals surface area contributed by atoms with E-state index >= 15 is 0 Å². The molecule has 2 rings (SSSR count). The molecule has 1 aromatic rings. The Labute approximate surface area is 154 Å². The monoisotopic (exact) mass is 363 g/mol. The number of hydrogen-bond acceptors (Lipinski definition) is 4. The molecule has 1 heterocycles. The van der Waals surface area contributed by atoms with Crippen LogP contribution in [0.4, 0.5) is 0 Å². The molecule has 137 valence electrons.